The molecule has 0 radical (unpaired) electrons. The Morgan fingerprint density at radius 1 is 1.00 bits per heavy atom. The van der Waals surface area contributed by atoms with Gasteiger partial charge in [0.05, 0.1) is 11.6 Å². The van der Waals surface area contributed by atoms with Crippen molar-refractivity contribution in [1.29, 1.82) is 5.26 Å². The van der Waals surface area contributed by atoms with Gasteiger partial charge in [-0.05, 0) is 55.7 Å². The van der Waals surface area contributed by atoms with Gasteiger partial charge in [-0.2, -0.15) is 10.1 Å². The molecule has 2 aromatic rings. The summed E-state index contributed by atoms with van der Waals surface area (Å²) in [6.07, 6.45) is 0.978. The molecule has 1 aliphatic heterocycles. The van der Waals surface area contributed by atoms with Crippen LogP contribution in [0.15, 0.2) is 54.6 Å². The van der Waals surface area contributed by atoms with E-state index in [4.69, 9.17) is 10.1 Å². The van der Waals surface area contributed by atoms with Gasteiger partial charge in [0, 0.05) is 44.0 Å². The summed E-state index contributed by atoms with van der Waals surface area (Å²) in [4.78, 5) is 60.5. The molecule has 2 N–H and O–H groups in total. The van der Waals surface area contributed by atoms with E-state index in [9.17, 15) is 19.2 Å². The van der Waals surface area contributed by atoms with Crippen molar-refractivity contribution in [3.8, 4) is 6.07 Å². The predicted molar refractivity (Wildman–Crippen MR) is 133 cm³/mol. The topological polar surface area (TPSA) is 138 Å². The highest BCUT2D eigenvalue weighted by molar-refractivity contribution is 5.95. The average molecular weight is 507 g/mol. The summed E-state index contributed by atoms with van der Waals surface area (Å²) in [6.45, 7) is 1.98. The fourth-order valence-electron chi connectivity index (χ4n) is 3.96. The molecule has 0 aromatic heterocycles. The molecule has 1 heterocycles. The third-order valence-corrected chi connectivity index (χ3v) is 5.89. The van der Waals surface area contributed by atoms with Crippen LogP contribution in [0.5, 0.6) is 0 Å². The minimum Gasteiger partial charge on any atom is -0.352 e. The molecule has 3 amide bonds. The summed E-state index contributed by atoms with van der Waals surface area (Å²) in [7, 11) is 0. The normalized spacial score (nSPS) is 16.8. The monoisotopic (exact) mass is 506 g/mol. The smallest absolute Gasteiger partial charge is 0.339 e. The highest BCUT2D eigenvalue weighted by Crippen LogP contribution is 2.21. The number of nitriles is 1. The Morgan fingerprint density at radius 3 is 2.38 bits per heavy atom. The number of piperidine rings is 1. The molecule has 0 bridgehead atoms. The maximum atomic E-state index is 13.0. The lowest BCUT2D eigenvalue weighted by Crippen LogP contribution is -2.56. The first-order valence-electron chi connectivity index (χ1n) is 12.1. The zero-order chi connectivity index (χ0) is 26.6. The van der Waals surface area contributed by atoms with Gasteiger partial charge >= 0.3 is 5.97 Å². The Morgan fingerprint density at radius 2 is 1.70 bits per heavy atom. The lowest BCUT2D eigenvalue weighted by Gasteiger charge is -2.39. The van der Waals surface area contributed by atoms with Crippen molar-refractivity contribution in [1.82, 2.24) is 15.5 Å². The highest BCUT2D eigenvalue weighted by atomic mass is 17.2. The van der Waals surface area contributed by atoms with Crippen molar-refractivity contribution in [2.75, 3.05) is 13.1 Å². The van der Waals surface area contributed by atoms with Gasteiger partial charge in [-0.15, -0.1) is 0 Å². The first-order chi connectivity index (χ1) is 17.9. The number of benzene rings is 2. The average Bonchev–Trinajstić information content (AvgIpc) is 2.92. The number of nitrogens with zero attached hydrogens (tertiary/aromatic N) is 2. The Bertz CT molecular complexity index is 1130. The first-order valence-corrected chi connectivity index (χ1v) is 12.1. The summed E-state index contributed by atoms with van der Waals surface area (Å²) in [5.41, 5.74) is 1.36. The molecule has 2 atom stereocenters. The summed E-state index contributed by atoms with van der Waals surface area (Å²) in [5, 5.41) is 14.7. The Hall–Kier alpha value is -4.23. The quantitative estimate of drug-likeness (QED) is 0.287. The number of carbonyl (C=O) groups is 4. The second-order valence-electron chi connectivity index (χ2n) is 8.66. The maximum absolute atomic E-state index is 13.0. The molecule has 2 unspecified atom stereocenters. The number of carbonyl (C=O) groups excluding carboxylic acids is 4. The van der Waals surface area contributed by atoms with E-state index in [0.717, 1.165) is 0 Å². The zero-order valence-corrected chi connectivity index (χ0v) is 20.6. The molecule has 3 rings (SSSR count). The lowest BCUT2D eigenvalue weighted by atomic mass is 10.0. The Kier molecular flexibility index (Phi) is 10.2. The molecule has 1 aliphatic rings. The van der Waals surface area contributed by atoms with E-state index >= 15 is 0 Å². The van der Waals surface area contributed by atoms with E-state index in [1.807, 2.05) is 12.1 Å². The zero-order valence-electron chi connectivity index (χ0n) is 20.6. The van der Waals surface area contributed by atoms with Crippen LogP contribution in [0.1, 0.15) is 65.3 Å². The van der Waals surface area contributed by atoms with Crippen LogP contribution in [0.25, 0.3) is 0 Å². The van der Waals surface area contributed by atoms with Gasteiger partial charge in [-0.3, -0.25) is 19.3 Å². The molecule has 10 heteroatoms. The van der Waals surface area contributed by atoms with E-state index in [1.165, 1.54) is 6.92 Å². The van der Waals surface area contributed by atoms with Crippen LogP contribution in [0.3, 0.4) is 0 Å². The van der Waals surface area contributed by atoms with Crippen LogP contribution >= 0.6 is 0 Å². The van der Waals surface area contributed by atoms with E-state index in [0.29, 0.717) is 49.0 Å². The van der Waals surface area contributed by atoms with E-state index in [1.54, 1.807) is 53.4 Å². The molecule has 2 aromatic carbocycles. The van der Waals surface area contributed by atoms with Gasteiger partial charge in [0.25, 0.3) is 11.8 Å². The molecule has 37 heavy (non-hydrogen) atoms. The molecule has 1 fully saturated rings. The largest absolute Gasteiger partial charge is 0.352 e. The molecular formula is C27H30N4O6. The summed E-state index contributed by atoms with van der Waals surface area (Å²) < 4.78 is 0. The van der Waals surface area contributed by atoms with E-state index < -0.39 is 24.1 Å². The van der Waals surface area contributed by atoms with Crippen molar-refractivity contribution in [3.05, 3.63) is 71.3 Å². The third kappa shape index (κ3) is 8.44. The standard InChI is InChI=1S/C27H30N4O6/c1-19(32)36-37-23-14-16-31(24(17-23)30-27(35)22-12-10-20(18-28)11-13-22)25(33)9-5-6-15-29-26(34)21-7-3-2-4-8-21/h2-4,7-8,10-13,23-24H,5-6,9,14-17H2,1H3,(H,29,34)(H,30,35). The fraction of sp³-hybridized carbons (Fsp3) is 0.370. The number of hydrogen-bond acceptors (Lipinski definition) is 7. The number of rotatable bonds is 10. The third-order valence-electron chi connectivity index (χ3n) is 5.89. The van der Waals surface area contributed by atoms with Crippen LogP contribution in [-0.2, 0) is 19.4 Å². The van der Waals surface area contributed by atoms with Crippen molar-refractivity contribution < 1.29 is 29.0 Å². The maximum Gasteiger partial charge on any atom is 0.339 e. The van der Waals surface area contributed by atoms with Gasteiger partial charge in [0.2, 0.25) is 5.91 Å². The lowest BCUT2D eigenvalue weighted by molar-refractivity contribution is -0.303. The molecular weight excluding hydrogens is 476 g/mol. The summed E-state index contributed by atoms with van der Waals surface area (Å²) in [5.74, 6) is -1.28. The van der Waals surface area contributed by atoms with Crippen LogP contribution in [0.2, 0.25) is 0 Å². The highest BCUT2D eigenvalue weighted by Gasteiger charge is 2.34. The van der Waals surface area contributed by atoms with Gasteiger partial charge < -0.3 is 15.5 Å². The second kappa shape index (κ2) is 13.8. The van der Waals surface area contributed by atoms with Crippen molar-refractivity contribution >= 4 is 23.7 Å². The predicted octanol–water partition coefficient (Wildman–Crippen LogP) is 2.70. The van der Waals surface area contributed by atoms with Crippen molar-refractivity contribution in [2.45, 2.75) is 51.3 Å². The van der Waals surface area contributed by atoms with Crippen LogP contribution in [-0.4, -0.2) is 54.0 Å². The minimum absolute atomic E-state index is 0.134. The molecule has 0 spiro atoms. The second-order valence-corrected chi connectivity index (χ2v) is 8.66. The number of likely N-dealkylation sites (tertiary alicyclic amines) is 1. The van der Waals surface area contributed by atoms with Gasteiger partial charge in [-0.25, -0.2) is 4.79 Å². The van der Waals surface area contributed by atoms with Crippen molar-refractivity contribution in [3.63, 3.8) is 0 Å². The molecule has 194 valence electrons. The summed E-state index contributed by atoms with van der Waals surface area (Å²) >= 11 is 0. The van der Waals surface area contributed by atoms with Gasteiger partial charge in [-0.1, -0.05) is 18.2 Å². The Balaban J connectivity index is 1.54. The van der Waals surface area contributed by atoms with Gasteiger partial charge in [0.15, 0.2) is 0 Å². The van der Waals surface area contributed by atoms with Crippen molar-refractivity contribution in [2.24, 2.45) is 0 Å². The molecule has 0 saturated carbocycles. The Labute approximate surface area is 215 Å². The minimum atomic E-state index is -0.664. The van der Waals surface area contributed by atoms with Crippen LogP contribution < -0.4 is 10.6 Å². The first kappa shape index (κ1) is 27.4. The fourth-order valence-corrected chi connectivity index (χ4v) is 3.96. The molecule has 1 saturated heterocycles. The molecule has 0 aliphatic carbocycles. The number of unbranched alkanes of at least 4 members (excludes halogenated alkanes) is 1. The molecule has 10 nitrogen and oxygen atoms in total. The number of hydrogen-bond donors (Lipinski definition) is 2. The SMILES string of the molecule is CC(=O)OOC1CCN(C(=O)CCCCNC(=O)c2ccccc2)C(NC(=O)c2ccc(C#N)cc2)C1. The van der Waals surface area contributed by atoms with Crippen LogP contribution in [0, 0.1) is 11.3 Å². The van der Waals surface area contributed by atoms with E-state index in [-0.39, 0.29) is 24.7 Å². The van der Waals surface area contributed by atoms with E-state index in [2.05, 4.69) is 15.5 Å². The summed E-state index contributed by atoms with van der Waals surface area (Å²) in [6, 6.07) is 17.1. The number of amides is 3. The van der Waals surface area contributed by atoms with Crippen LogP contribution in [0.4, 0.5) is 0 Å². The number of nitrogens with one attached hydrogen (secondary N) is 2. The van der Waals surface area contributed by atoms with Gasteiger partial charge in [0.1, 0.15) is 12.3 Å².